The van der Waals surface area contributed by atoms with Crippen molar-refractivity contribution in [3.8, 4) is 0 Å². The molecule has 1 aliphatic rings. The van der Waals surface area contributed by atoms with Gasteiger partial charge in [-0.3, -0.25) is 9.78 Å². The molecular formula is C17H18N2O. The van der Waals surface area contributed by atoms with E-state index in [-0.39, 0.29) is 11.9 Å². The van der Waals surface area contributed by atoms with Gasteiger partial charge in [-0.25, -0.2) is 0 Å². The number of benzene rings is 1. The molecule has 1 unspecified atom stereocenters. The predicted molar refractivity (Wildman–Crippen MR) is 78.1 cm³/mol. The molecule has 0 aliphatic carbocycles. The maximum atomic E-state index is 12.5. The first-order valence-corrected chi connectivity index (χ1v) is 7.08. The molecule has 1 amide bonds. The lowest BCUT2D eigenvalue weighted by atomic mass is 10.1. The van der Waals surface area contributed by atoms with E-state index in [1.165, 1.54) is 0 Å². The number of nitrogens with zero attached hydrogens (tertiary/aromatic N) is 2. The average molecular weight is 266 g/mol. The van der Waals surface area contributed by atoms with E-state index in [9.17, 15) is 4.79 Å². The van der Waals surface area contributed by atoms with Crippen LogP contribution in [-0.2, 0) is 11.2 Å². The van der Waals surface area contributed by atoms with Crippen molar-refractivity contribution in [1.82, 2.24) is 9.88 Å². The molecule has 3 rings (SSSR count). The van der Waals surface area contributed by atoms with Gasteiger partial charge in [0.1, 0.15) is 0 Å². The van der Waals surface area contributed by atoms with Crippen LogP contribution < -0.4 is 0 Å². The minimum absolute atomic E-state index is 0.194. The van der Waals surface area contributed by atoms with Gasteiger partial charge in [-0.2, -0.15) is 0 Å². The van der Waals surface area contributed by atoms with Gasteiger partial charge in [0.05, 0.1) is 12.5 Å². The van der Waals surface area contributed by atoms with Crippen LogP contribution in [0.25, 0.3) is 0 Å². The standard InChI is InChI=1S/C17H18N2O/c20-17(12-14-6-2-1-3-7-14)19-11-5-9-16(19)15-8-4-10-18-13-15/h1-4,6-8,10,13,16H,5,9,11-12H2. The van der Waals surface area contributed by atoms with Gasteiger partial charge in [-0.15, -0.1) is 0 Å². The number of likely N-dealkylation sites (tertiary alicyclic amines) is 1. The molecule has 0 spiro atoms. The van der Waals surface area contributed by atoms with Crippen molar-refractivity contribution in [3.05, 3.63) is 66.0 Å². The van der Waals surface area contributed by atoms with Crippen molar-refractivity contribution < 1.29 is 4.79 Å². The summed E-state index contributed by atoms with van der Waals surface area (Å²) in [5.74, 6) is 0.211. The summed E-state index contributed by atoms with van der Waals surface area (Å²) < 4.78 is 0. The van der Waals surface area contributed by atoms with Crippen LogP contribution in [0.5, 0.6) is 0 Å². The number of hydrogen-bond acceptors (Lipinski definition) is 2. The van der Waals surface area contributed by atoms with Crippen LogP contribution in [0.4, 0.5) is 0 Å². The highest BCUT2D eigenvalue weighted by Gasteiger charge is 2.29. The zero-order valence-corrected chi connectivity index (χ0v) is 11.4. The molecule has 1 aromatic heterocycles. The second kappa shape index (κ2) is 5.87. The summed E-state index contributed by atoms with van der Waals surface area (Å²) in [4.78, 5) is 18.7. The van der Waals surface area contributed by atoms with Crippen molar-refractivity contribution >= 4 is 5.91 Å². The maximum absolute atomic E-state index is 12.5. The van der Waals surface area contributed by atoms with Crippen molar-refractivity contribution in [2.24, 2.45) is 0 Å². The molecule has 0 saturated carbocycles. The lowest BCUT2D eigenvalue weighted by molar-refractivity contribution is -0.131. The van der Waals surface area contributed by atoms with Gasteiger partial charge in [0.15, 0.2) is 0 Å². The number of aromatic nitrogens is 1. The zero-order chi connectivity index (χ0) is 13.8. The van der Waals surface area contributed by atoms with Gasteiger partial charge in [0.2, 0.25) is 5.91 Å². The van der Waals surface area contributed by atoms with E-state index >= 15 is 0 Å². The Morgan fingerprint density at radius 1 is 1.20 bits per heavy atom. The molecule has 3 nitrogen and oxygen atoms in total. The molecule has 2 aromatic rings. The lowest BCUT2D eigenvalue weighted by Crippen LogP contribution is -2.31. The monoisotopic (exact) mass is 266 g/mol. The zero-order valence-electron chi connectivity index (χ0n) is 11.4. The van der Waals surface area contributed by atoms with E-state index < -0.39 is 0 Å². The van der Waals surface area contributed by atoms with E-state index in [1.807, 2.05) is 47.5 Å². The van der Waals surface area contributed by atoms with E-state index in [1.54, 1.807) is 6.20 Å². The summed E-state index contributed by atoms with van der Waals surface area (Å²) in [7, 11) is 0. The van der Waals surface area contributed by atoms with Crippen LogP contribution in [0.1, 0.15) is 30.0 Å². The van der Waals surface area contributed by atoms with Gasteiger partial charge in [0.25, 0.3) is 0 Å². The predicted octanol–water partition coefficient (Wildman–Crippen LogP) is 2.99. The Morgan fingerprint density at radius 2 is 2.05 bits per heavy atom. The number of carbonyl (C=O) groups is 1. The Morgan fingerprint density at radius 3 is 2.80 bits per heavy atom. The summed E-state index contributed by atoms with van der Waals surface area (Å²) in [6, 6.07) is 14.1. The summed E-state index contributed by atoms with van der Waals surface area (Å²) in [6.45, 7) is 0.852. The number of carbonyl (C=O) groups excluding carboxylic acids is 1. The van der Waals surface area contributed by atoms with Crippen LogP contribution in [0.2, 0.25) is 0 Å². The fourth-order valence-electron chi connectivity index (χ4n) is 2.86. The Labute approximate surface area is 119 Å². The Hall–Kier alpha value is -2.16. The van der Waals surface area contributed by atoms with Gasteiger partial charge < -0.3 is 4.90 Å². The number of pyridine rings is 1. The van der Waals surface area contributed by atoms with Gasteiger partial charge in [-0.1, -0.05) is 36.4 Å². The van der Waals surface area contributed by atoms with Crippen LogP contribution in [0, 0.1) is 0 Å². The van der Waals surface area contributed by atoms with E-state index in [4.69, 9.17) is 0 Å². The molecule has 1 fully saturated rings. The molecule has 20 heavy (non-hydrogen) atoms. The molecule has 1 atom stereocenters. The Bertz CT molecular complexity index is 568. The molecule has 0 N–H and O–H groups in total. The molecular weight excluding hydrogens is 248 g/mol. The summed E-state index contributed by atoms with van der Waals surface area (Å²) in [5.41, 5.74) is 2.22. The van der Waals surface area contributed by atoms with Gasteiger partial charge in [0, 0.05) is 18.9 Å². The Kier molecular flexibility index (Phi) is 3.77. The highest BCUT2D eigenvalue weighted by atomic mass is 16.2. The van der Waals surface area contributed by atoms with Crippen molar-refractivity contribution in [2.75, 3.05) is 6.54 Å². The largest absolute Gasteiger partial charge is 0.335 e. The van der Waals surface area contributed by atoms with Crippen LogP contribution in [0.15, 0.2) is 54.9 Å². The van der Waals surface area contributed by atoms with Crippen molar-refractivity contribution in [3.63, 3.8) is 0 Å². The molecule has 2 heterocycles. The molecule has 0 radical (unpaired) electrons. The topological polar surface area (TPSA) is 33.2 Å². The fourth-order valence-corrected chi connectivity index (χ4v) is 2.86. The molecule has 1 aromatic carbocycles. The first-order valence-electron chi connectivity index (χ1n) is 7.08. The second-order valence-corrected chi connectivity index (χ2v) is 5.19. The molecule has 102 valence electrons. The highest BCUT2D eigenvalue weighted by molar-refractivity contribution is 5.79. The quantitative estimate of drug-likeness (QED) is 0.855. The number of rotatable bonds is 3. The van der Waals surface area contributed by atoms with Crippen LogP contribution >= 0.6 is 0 Å². The SMILES string of the molecule is O=C(Cc1ccccc1)N1CCCC1c1cccnc1. The number of hydrogen-bond donors (Lipinski definition) is 0. The molecule has 1 saturated heterocycles. The van der Waals surface area contributed by atoms with Crippen molar-refractivity contribution in [2.45, 2.75) is 25.3 Å². The van der Waals surface area contributed by atoms with Gasteiger partial charge >= 0.3 is 0 Å². The Balaban J connectivity index is 1.74. The first kappa shape index (κ1) is 12.9. The molecule has 0 bridgehead atoms. The maximum Gasteiger partial charge on any atom is 0.227 e. The third kappa shape index (κ3) is 2.72. The summed E-state index contributed by atoms with van der Waals surface area (Å²) in [6.07, 6.45) is 6.23. The summed E-state index contributed by atoms with van der Waals surface area (Å²) >= 11 is 0. The second-order valence-electron chi connectivity index (χ2n) is 5.19. The minimum atomic E-state index is 0.194. The average Bonchev–Trinajstić information content (AvgIpc) is 2.99. The molecule has 1 aliphatic heterocycles. The van der Waals surface area contributed by atoms with Crippen molar-refractivity contribution in [1.29, 1.82) is 0 Å². The lowest BCUT2D eigenvalue weighted by Gasteiger charge is -2.25. The van der Waals surface area contributed by atoms with Crippen LogP contribution in [-0.4, -0.2) is 22.3 Å². The molecule has 3 heteroatoms. The normalized spacial score (nSPS) is 18.2. The van der Waals surface area contributed by atoms with E-state index in [0.717, 1.165) is 30.5 Å². The smallest absolute Gasteiger partial charge is 0.227 e. The van der Waals surface area contributed by atoms with E-state index in [0.29, 0.717) is 6.42 Å². The van der Waals surface area contributed by atoms with Gasteiger partial charge in [-0.05, 0) is 30.0 Å². The van der Waals surface area contributed by atoms with Crippen LogP contribution in [0.3, 0.4) is 0 Å². The summed E-state index contributed by atoms with van der Waals surface area (Å²) in [5, 5.41) is 0. The minimum Gasteiger partial charge on any atom is -0.335 e. The third-order valence-corrected chi connectivity index (χ3v) is 3.84. The highest BCUT2D eigenvalue weighted by Crippen LogP contribution is 2.31. The van der Waals surface area contributed by atoms with E-state index in [2.05, 4.69) is 11.1 Å². The fraction of sp³-hybridized carbons (Fsp3) is 0.294. The third-order valence-electron chi connectivity index (χ3n) is 3.84. The number of amides is 1. The first-order chi connectivity index (χ1) is 9.84.